The van der Waals surface area contributed by atoms with Gasteiger partial charge in [-0.1, -0.05) is 12.8 Å². The number of aliphatic hydroxyl groups is 1. The van der Waals surface area contributed by atoms with Gasteiger partial charge in [0.25, 0.3) is 0 Å². The van der Waals surface area contributed by atoms with E-state index < -0.39 is 0 Å². The minimum absolute atomic E-state index is 0.295. The molecule has 1 rings (SSSR count). The van der Waals surface area contributed by atoms with Gasteiger partial charge in [-0.05, 0) is 31.9 Å². The Kier molecular flexibility index (Phi) is 7.03. The van der Waals surface area contributed by atoms with Gasteiger partial charge in [0.1, 0.15) is 5.75 Å². The zero-order valence-corrected chi connectivity index (χ0v) is 11.1. The molecule has 0 atom stereocenters. The maximum absolute atomic E-state index is 8.67. The van der Waals surface area contributed by atoms with Crippen LogP contribution in [0.5, 0.6) is 5.75 Å². The molecule has 4 N–H and O–H groups in total. The lowest BCUT2D eigenvalue weighted by atomic mass is 10.2. The van der Waals surface area contributed by atoms with Gasteiger partial charge in [0, 0.05) is 24.9 Å². The highest BCUT2D eigenvalue weighted by atomic mass is 16.5. The molecule has 0 aliphatic carbocycles. The van der Waals surface area contributed by atoms with Gasteiger partial charge in [0.2, 0.25) is 0 Å². The molecular weight excluding hydrogens is 228 g/mol. The fourth-order valence-corrected chi connectivity index (χ4v) is 1.75. The molecule has 0 aliphatic heterocycles. The molecule has 4 nitrogen and oxygen atoms in total. The Hall–Kier alpha value is -1.42. The van der Waals surface area contributed by atoms with Crippen molar-refractivity contribution in [1.82, 2.24) is 0 Å². The summed E-state index contributed by atoms with van der Waals surface area (Å²) >= 11 is 0. The largest absolute Gasteiger partial charge is 0.492 e. The lowest BCUT2D eigenvalue weighted by Gasteiger charge is -2.11. The highest BCUT2D eigenvalue weighted by molar-refractivity contribution is 5.61. The van der Waals surface area contributed by atoms with Gasteiger partial charge >= 0.3 is 0 Å². The van der Waals surface area contributed by atoms with Crippen LogP contribution in [-0.2, 0) is 0 Å². The topological polar surface area (TPSA) is 67.5 Å². The Morgan fingerprint density at radius 1 is 1.22 bits per heavy atom. The quantitative estimate of drug-likeness (QED) is 0.467. The number of nitrogens with two attached hydrogens (primary N) is 1. The first-order valence-corrected chi connectivity index (χ1v) is 6.65. The lowest BCUT2D eigenvalue weighted by Crippen LogP contribution is -2.03. The number of nitrogens with one attached hydrogen (secondary N) is 1. The van der Waals surface area contributed by atoms with Gasteiger partial charge < -0.3 is 20.9 Å². The van der Waals surface area contributed by atoms with Crippen molar-refractivity contribution in [1.29, 1.82) is 0 Å². The molecule has 0 bridgehead atoms. The predicted molar refractivity (Wildman–Crippen MR) is 76.1 cm³/mol. The Bertz CT molecular complexity index is 343. The molecule has 1 aromatic rings. The normalized spacial score (nSPS) is 10.3. The number of rotatable bonds is 9. The van der Waals surface area contributed by atoms with Gasteiger partial charge in [0.05, 0.1) is 12.3 Å². The molecular formula is C14H24N2O2. The fourth-order valence-electron chi connectivity index (χ4n) is 1.75. The van der Waals surface area contributed by atoms with Crippen LogP contribution < -0.4 is 15.8 Å². The molecule has 0 fully saturated rings. The summed E-state index contributed by atoms with van der Waals surface area (Å²) in [4.78, 5) is 0. The number of benzene rings is 1. The SMILES string of the molecule is CCOc1cc(NCCCCCCO)ccc1N. The van der Waals surface area contributed by atoms with Gasteiger partial charge in [-0.3, -0.25) is 0 Å². The number of hydrogen-bond acceptors (Lipinski definition) is 4. The molecule has 0 spiro atoms. The van der Waals surface area contributed by atoms with Crippen LogP contribution in [-0.4, -0.2) is 24.9 Å². The van der Waals surface area contributed by atoms with E-state index in [1.807, 2.05) is 25.1 Å². The van der Waals surface area contributed by atoms with E-state index in [0.717, 1.165) is 43.7 Å². The van der Waals surface area contributed by atoms with Crippen molar-refractivity contribution in [3.63, 3.8) is 0 Å². The van der Waals surface area contributed by atoms with Crippen LogP contribution in [0.15, 0.2) is 18.2 Å². The van der Waals surface area contributed by atoms with E-state index in [1.165, 1.54) is 0 Å². The first-order valence-electron chi connectivity index (χ1n) is 6.65. The van der Waals surface area contributed by atoms with Gasteiger partial charge in [-0.15, -0.1) is 0 Å². The van der Waals surface area contributed by atoms with E-state index in [-0.39, 0.29) is 0 Å². The third kappa shape index (κ3) is 5.27. The average Bonchev–Trinajstić information content (AvgIpc) is 2.37. The van der Waals surface area contributed by atoms with Crippen LogP contribution in [0.2, 0.25) is 0 Å². The molecule has 0 saturated heterocycles. The van der Waals surface area contributed by atoms with Crippen molar-refractivity contribution in [2.45, 2.75) is 32.6 Å². The zero-order valence-electron chi connectivity index (χ0n) is 11.1. The van der Waals surface area contributed by atoms with Crippen LogP contribution in [0.1, 0.15) is 32.6 Å². The molecule has 0 heterocycles. The molecule has 102 valence electrons. The number of hydrogen-bond donors (Lipinski definition) is 3. The smallest absolute Gasteiger partial charge is 0.144 e. The molecule has 18 heavy (non-hydrogen) atoms. The first kappa shape index (κ1) is 14.6. The molecule has 0 radical (unpaired) electrons. The number of unbranched alkanes of at least 4 members (excludes halogenated alkanes) is 3. The van der Waals surface area contributed by atoms with Crippen LogP contribution in [0.25, 0.3) is 0 Å². The standard InChI is InChI=1S/C14H24N2O2/c1-2-18-14-11-12(7-8-13(14)15)16-9-5-3-4-6-10-17/h7-8,11,16-17H,2-6,9-10,15H2,1H3. The van der Waals surface area contributed by atoms with Crippen LogP contribution in [0.3, 0.4) is 0 Å². The van der Waals surface area contributed by atoms with Crippen molar-refractivity contribution < 1.29 is 9.84 Å². The summed E-state index contributed by atoms with van der Waals surface area (Å²) in [5.74, 6) is 0.739. The molecule has 0 aromatic heterocycles. The van der Waals surface area contributed by atoms with E-state index in [2.05, 4.69) is 5.32 Å². The Labute approximate surface area is 109 Å². The summed E-state index contributed by atoms with van der Waals surface area (Å²) in [6.45, 7) is 3.79. The summed E-state index contributed by atoms with van der Waals surface area (Å²) in [5.41, 5.74) is 7.52. The van der Waals surface area contributed by atoms with Gasteiger partial charge in [-0.25, -0.2) is 0 Å². The van der Waals surface area contributed by atoms with Crippen molar-refractivity contribution in [3.8, 4) is 5.75 Å². The Morgan fingerprint density at radius 3 is 2.72 bits per heavy atom. The number of anilines is 2. The van der Waals surface area contributed by atoms with Crippen LogP contribution in [0.4, 0.5) is 11.4 Å². The second kappa shape index (κ2) is 8.64. The molecule has 0 aliphatic rings. The maximum atomic E-state index is 8.67. The molecule has 0 saturated carbocycles. The summed E-state index contributed by atoms with van der Waals surface area (Å²) < 4.78 is 5.44. The Morgan fingerprint density at radius 2 is 2.00 bits per heavy atom. The summed E-state index contributed by atoms with van der Waals surface area (Å²) in [6.07, 6.45) is 4.23. The van der Waals surface area contributed by atoms with Gasteiger partial charge in [0.15, 0.2) is 0 Å². The fraction of sp³-hybridized carbons (Fsp3) is 0.571. The zero-order chi connectivity index (χ0) is 13.2. The molecule has 0 amide bonds. The van der Waals surface area contributed by atoms with E-state index in [0.29, 0.717) is 18.9 Å². The molecule has 4 heteroatoms. The van der Waals surface area contributed by atoms with Crippen LogP contribution >= 0.6 is 0 Å². The minimum Gasteiger partial charge on any atom is -0.492 e. The lowest BCUT2D eigenvalue weighted by molar-refractivity contribution is 0.283. The third-order valence-electron chi connectivity index (χ3n) is 2.73. The van der Waals surface area contributed by atoms with Crippen LogP contribution in [0, 0.1) is 0 Å². The number of ether oxygens (including phenoxy) is 1. The average molecular weight is 252 g/mol. The summed E-state index contributed by atoms with van der Waals surface area (Å²) in [5, 5.41) is 12.0. The van der Waals surface area contributed by atoms with Crippen molar-refractivity contribution in [2.24, 2.45) is 0 Å². The van der Waals surface area contributed by atoms with Crippen molar-refractivity contribution >= 4 is 11.4 Å². The van der Waals surface area contributed by atoms with E-state index in [1.54, 1.807) is 0 Å². The van der Waals surface area contributed by atoms with Crippen molar-refractivity contribution in [3.05, 3.63) is 18.2 Å². The highest BCUT2D eigenvalue weighted by Gasteiger charge is 2.01. The second-order valence-corrected chi connectivity index (χ2v) is 4.25. The summed E-state index contributed by atoms with van der Waals surface area (Å²) in [7, 11) is 0. The predicted octanol–water partition coefficient (Wildman–Crippen LogP) is 2.63. The highest BCUT2D eigenvalue weighted by Crippen LogP contribution is 2.25. The Balaban J connectivity index is 2.31. The first-order chi connectivity index (χ1) is 8.77. The third-order valence-corrected chi connectivity index (χ3v) is 2.73. The maximum Gasteiger partial charge on any atom is 0.144 e. The second-order valence-electron chi connectivity index (χ2n) is 4.25. The minimum atomic E-state index is 0.295. The monoisotopic (exact) mass is 252 g/mol. The van der Waals surface area contributed by atoms with Crippen molar-refractivity contribution in [2.75, 3.05) is 30.8 Å². The molecule has 0 unspecified atom stereocenters. The van der Waals surface area contributed by atoms with E-state index in [9.17, 15) is 0 Å². The summed E-state index contributed by atoms with van der Waals surface area (Å²) in [6, 6.07) is 5.76. The number of nitrogen functional groups attached to an aromatic ring is 1. The number of aliphatic hydroxyl groups excluding tert-OH is 1. The molecule has 1 aromatic carbocycles. The van der Waals surface area contributed by atoms with E-state index >= 15 is 0 Å². The van der Waals surface area contributed by atoms with Gasteiger partial charge in [-0.2, -0.15) is 0 Å². The van der Waals surface area contributed by atoms with E-state index in [4.69, 9.17) is 15.6 Å².